The molecule has 0 saturated heterocycles. The van der Waals surface area contributed by atoms with Crippen LogP contribution in [-0.2, 0) is 0 Å². The molecule has 0 aliphatic carbocycles. The Labute approximate surface area is 145 Å². The van der Waals surface area contributed by atoms with Crippen LogP contribution in [0, 0.1) is 0 Å². The minimum absolute atomic E-state index is 1.06. The van der Waals surface area contributed by atoms with Crippen molar-refractivity contribution in [3.63, 3.8) is 0 Å². The van der Waals surface area contributed by atoms with Crippen molar-refractivity contribution >= 4 is 33.3 Å². The van der Waals surface area contributed by atoms with E-state index in [1.807, 2.05) is 17.8 Å². The van der Waals surface area contributed by atoms with Crippen LogP contribution in [0.2, 0.25) is 0 Å². The zero-order chi connectivity index (χ0) is 16.1. The summed E-state index contributed by atoms with van der Waals surface area (Å²) >= 11 is 3.57. The number of hydrogen-bond donors (Lipinski definition) is 0. The summed E-state index contributed by atoms with van der Waals surface area (Å²) in [6.07, 6.45) is 1.69. The predicted octanol–water partition coefficient (Wildman–Crippen LogP) is 4.79. The van der Waals surface area contributed by atoms with Crippen LogP contribution in [0.25, 0.3) is 20.7 Å². The van der Waals surface area contributed by atoms with Gasteiger partial charge in [0.15, 0.2) is 0 Å². The fourth-order valence-electron chi connectivity index (χ4n) is 2.50. The van der Waals surface area contributed by atoms with Gasteiger partial charge < -0.3 is 4.90 Å². The molecule has 1 aromatic carbocycles. The van der Waals surface area contributed by atoms with Crippen molar-refractivity contribution in [1.82, 2.24) is 14.9 Å². The fourth-order valence-corrected chi connectivity index (χ4v) is 4.55. The average Bonchev–Trinajstić information content (AvgIpc) is 3.04. The molecule has 0 aliphatic rings. The first-order valence-electron chi connectivity index (χ1n) is 7.97. The number of hydrogen-bond acceptors (Lipinski definition) is 5. The van der Waals surface area contributed by atoms with Gasteiger partial charge in [-0.15, -0.1) is 23.1 Å². The van der Waals surface area contributed by atoms with Crippen LogP contribution in [0.4, 0.5) is 0 Å². The van der Waals surface area contributed by atoms with Crippen LogP contribution in [0.15, 0.2) is 47.8 Å². The minimum atomic E-state index is 1.06. The maximum atomic E-state index is 4.50. The van der Waals surface area contributed by atoms with Crippen molar-refractivity contribution < 1.29 is 0 Å². The van der Waals surface area contributed by atoms with E-state index in [9.17, 15) is 0 Å². The van der Waals surface area contributed by atoms with E-state index in [-0.39, 0.29) is 0 Å². The summed E-state index contributed by atoms with van der Waals surface area (Å²) in [5.41, 5.74) is 1.24. The Kier molecular flexibility index (Phi) is 5.65. The Morgan fingerprint density at radius 2 is 1.87 bits per heavy atom. The number of fused-ring (bicyclic) bond motifs is 1. The van der Waals surface area contributed by atoms with Crippen molar-refractivity contribution in [2.24, 2.45) is 0 Å². The minimum Gasteiger partial charge on any atom is -0.303 e. The molecule has 0 unspecified atom stereocenters. The van der Waals surface area contributed by atoms with Crippen LogP contribution in [0.1, 0.15) is 13.8 Å². The quantitative estimate of drug-likeness (QED) is 0.455. The standard InChI is InChI=1S/C18H21N3S2/c1-3-21(4-2)10-11-22-17-15-12-16(14-8-6-5-7-9-14)23-18(15)20-13-19-17/h5-9,12-13H,3-4,10-11H2,1-2H3. The van der Waals surface area contributed by atoms with Crippen LogP contribution in [-0.4, -0.2) is 40.3 Å². The van der Waals surface area contributed by atoms with Crippen molar-refractivity contribution in [1.29, 1.82) is 0 Å². The first-order valence-corrected chi connectivity index (χ1v) is 9.77. The Hall–Kier alpha value is -1.43. The molecule has 0 spiro atoms. The Morgan fingerprint density at radius 1 is 1.09 bits per heavy atom. The van der Waals surface area contributed by atoms with Crippen molar-refractivity contribution in [2.45, 2.75) is 18.9 Å². The second-order valence-corrected chi connectivity index (χ2v) is 7.36. The molecule has 5 heteroatoms. The zero-order valence-electron chi connectivity index (χ0n) is 13.5. The van der Waals surface area contributed by atoms with Gasteiger partial charge in [0, 0.05) is 22.6 Å². The maximum absolute atomic E-state index is 4.50. The average molecular weight is 344 g/mol. The summed E-state index contributed by atoms with van der Waals surface area (Å²) in [5, 5.41) is 2.28. The number of nitrogens with zero attached hydrogens (tertiary/aromatic N) is 3. The number of thiophene rings is 1. The molecule has 3 rings (SSSR count). The number of rotatable bonds is 7. The second kappa shape index (κ2) is 7.90. The molecule has 2 aromatic heterocycles. The van der Waals surface area contributed by atoms with E-state index in [1.165, 1.54) is 15.8 Å². The van der Waals surface area contributed by atoms with Crippen molar-refractivity contribution in [2.75, 3.05) is 25.4 Å². The molecule has 0 saturated carbocycles. The lowest BCUT2D eigenvalue weighted by molar-refractivity contribution is 0.324. The third-order valence-electron chi connectivity index (χ3n) is 3.89. The van der Waals surface area contributed by atoms with Gasteiger partial charge in [-0.2, -0.15) is 0 Å². The second-order valence-electron chi connectivity index (χ2n) is 5.25. The van der Waals surface area contributed by atoms with E-state index in [0.717, 1.165) is 35.2 Å². The number of thioether (sulfide) groups is 1. The monoisotopic (exact) mass is 343 g/mol. The zero-order valence-corrected chi connectivity index (χ0v) is 15.2. The molecule has 23 heavy (non-hydrogen) atoms. The summed E-state index contributed by atoms with van der Waals surface area (Å²) in [5.74, 6) is 1.06. The first kappa shape index (κ1) is 16.4. The lowest BCUT2D eigenvalue weighted by Gasteiger charge is -2.17. The third kappa shape index (κ3) is 3.91. The van der Waals surface area contributed by atoms with Gasteiger partial charge in [-0.05, 0) is 24.7 Å². The summed E-state index contributed by atoms with van der Waals surface area (Å²) in [6, 6.07) is 12.7. The van der Waals surface area contributed by atoms with Gasteiger partial charge in [0.1, 0.15) is 16.2 Å². The van der Waals surface area contributed by atoms with Gasteiger partial charge in [0.2, 0.25) is 0 Å². The molecular formula is C18H21N3S2. The van der Waals surface area contributed by atoms with E-state index >= 15 is 0 Å². The largest absolute Gasteiger partial charge is 0.303 e. The van der Waals surface area contributed by atoms with E-state index in [1.54, 1.807) is 17.7 Å². The smallest absolute Gasteiger partial charge is 0.128 e. The summed E-state index contributed by atoms with van der Waals surface area (Å²) in [6.45, 7) is 7.72. The van der Waals surface area contributed by atoms with Crippen LogP contribution >= 0.6 is 23.1 Å². The highest BCUT2D eigenvalue weighted by molar-refractivity contribution is 7.99. The molecule has 120 valence electrons. The lowest BCUT2D eigenvalue weighted by Crippen LogP contribution is -2.25. The molecule has 3 nitrogen and oxygen atoms in total. The van der Waals surface area contributed by atoms with Crippen LogP contribution in [0.5, 0.6) is 0 Å². The normalized spacial score (nSPS) is 11.4. The molecule has 3 aromatic rings. The third-order valence-corrected chi connectivity index (χ3v) is 5.97. The van der Waals surface area contributed by atoms with Gasteiger partial charge in [0.05, 0.1) is 0 Å². The molecular weight excluding hydrogens is 322 g/mol. The van der Waals surface area contributed by atoms with Crippen LogP contribution in [0.3, 0.4) is 0 Å². The van der Waals surface area contributed by atoms with Gasteiger partial charge in [0.25, 0.3) is 0 Å². The number of benzene rings is 1. The van der Waals surface area contributed by atoms with Gasteiger partial charge in [-0.25, -0.2) is 9.97 Å². The first-order chi connectivity index (χ1) is 11.3. The topological polar surface area (TPSA) is 29.0 Å². The molecule has 0 atom stereocenters. The molecule has 2 heterocycles. The highest BCUT2D eigenvalue weighted by Crippen LogP contribution is 2.35. The van der Waals surface area contributed by atoms with Crippen molar-refractivity contribution in [3.8, 4) is 10.4 Å². The van der Waals surface area contributed by atoms with Crippen LogP contribution < -0.4 is 0 Å². The van der Waals surface area contributed by atoms with Gasteiger partial charge in [-0.3, -0.25) is 0 Å². The molecule has 0 N–H and O–H groups in total. The van der Waals surface area contributed by atoms with E-state index in [0.29, 0.717) is 0 Å². The summed E-state index contributed by atoms with van der Waals surface area (Å²) < 4.78 is 0. The SMILES string of the molecule is CCN(CC)CCSc1ncnc2sc(-c3ccccc3)cc12. The molecule has 0 fully saturated rings. The maximum Gasteiger partial charge on any atom is 0.128 e. The van der Waals surface area contributed by atoms with E-state index in [4.69, 9.17) is 0 Å². The molecule has 0 radical (unpaired) electrons. The number of aromatic nitrogens is 2. The Morgan fingerprint density at radius 3 is 2.61 bits per heavy atom. The molecule has 0 bridgehead atoms. The van der Waals surface area contributed by atoms with E-state index < -0.39 is 0 Å². The highest BCUT2D eigenvalue weighted by Gasteiger charge is 2.10. The van der Waals surface area contributed by atoms with Gasteiger partial charge >= 0.3 is 0 Å². The summed E-state index contributed by atoms with van der Waals surface area (Å²) in [7, 11) is 0. The molecule has 0 aliphatic heterocycles. The van der Waals surface area contributed by atoms with Crippen molar-refractivity contribution in [3.05, 3.63) is 42.7 Å². The molecule has 0 amide bonds. The Bertz CT molecular complexity index is 751. The predicted molar refractivity (Wildman–Crippen MR) is 101 cm³/mol. The van der Waals surface area contributed by atoms with E-state index in [2.05, 4.69) is 59.0 Å². The highest BCUT2D eigenvalue weighted by atomic mass is 32.2. The van der Waals surface area contributed by atoms with Gasteiger partial charge in [-0.1, -0.05) is 44.2 Å². The summed E-state index contributed by atoms with van der Waals surface area (Å²) in [4.78, 5) is 13.7. The lowest BCUT2D eigenvalue weighted by atomic mass is 10.2. The Balaban J connectivity index is 1.80. The fraction of sp³-hybridized carbons (Fsp3) is 0.333.